The lowest BCUT2D eigenvalue weighted by Crippen LogP contribution is -2.56. The lowest BCUT2D eigenvalue weighted by Gasteiger charge is -2.37. The number of unbranched alkanes of at least 4 members (excludes halogenated alkanes) is 2. The molecule has 3 fully saturated rings. The summed E-state index contributed by atoms with van der Waals surface area (Å²) in [5.41, 5.74) is -1.39. The number of anilines is 1. The minimum absolute atomic E-state index is 0.0388. The highest BCUT2D eigenvalue weighted by molar-refractivity contribution is 6.04. The number of hydrogen-bond acceptors (Lipinski definition) is 7. The highest BCUT2D eigenvalue weighted by atomic mass is 16.6. The SMILES string of the molecule is C=CCOC(=O)[C@@H]1[C@H]2C(=O)N(CCCCCO)C(C(=O)N(CC=C)c3ccc(OC)cc3)C23CC[C@@]1(C)O3. The smallest absolute Gasteiger partial charge is 0.313 e. The molecule has 5 atom stereocenters. The molecule has 3 aliphatic rings. The van der Waals surface area contributed by atoms with E-state index in [1.165, 1.54) is 6.08 Å². The van der Waals surface area contributed by atoms with Gasteiger partial charge in [0.2, 0.25) is 5.91 Å². The molecule has 9 nitrogen and oxygen atoms in total. The van der Waals surface area contributed by atoms with Gasteiger partial charge in [0.25, 0.3) is 5.91 Å². The number of likely N-dealkylation sites (tertiary alicyclic amines) is 1. The highest BCUT2D eigenvalue weighted by Gasteiger charge is 2.78. The summed E-state index contributed by atoms with van der Waals surface area (Å²) in [6, 6.07) is 6.23. The molecule has 38 heavy (non-hydrogen) atoms. The number of ether oxygens (including phenoxy) is 3. The number of nitrogens with zero attached hydrogens (tertiary/aromatic N) is 2. The van der Waals surface area contributed by atoms with Crippen molar-refractivity contribution in [2.45, 2.75) is 56.3 Å². The molecule has 206 valence electrons. The van der Waals surface area contributed by atoms with Crippen LogP contribution in [0.15, 0.2) is 49.6 Å². The molecule has 3 heterocycles. The summed E-state index contributed by atoms with van der Waals surface area (Å²) in [5, 5.41) is 9.22. The number of aliphatic hydroxyl groups is 1. The fourth-order valence-corrected chi connectivity index (χ4v) is 6.47. The summed E-state index contributed by atoms with van der Waals surface area (Å²) in [6.45, 7) is 9.94. The number of aliphatic hydroxyl groups excluding tert-OH is 1. The van der Waals surface area contributed by atoms with E-state index in [1.807, 2.05) is 6.92 Å². The quantitative estimate of drug-likeness (QED) is 0.239. The fraction of sp³-hybridized carbons (Fsp3) is 0.552. The first kappa shape index (κ1) is 27.9. The van der Waals surface area contributed by atoms with Crippen molar-refractivity contribution in [3.63, 3.8) is 0 Å². The average Bonchev–Trinajstić information content (AvgIpc) is 3.48. The van der Waals surface area contributed by atoms with Crippen LogP contribution in [0.3, 0.4) is 0 Å². The summed E-state index contributed by atoms with van der Waals surface area (Å²) in [5.74, 6) is -2.01. The Balaban J connectivity index is 1.74. The number of esters is 1. The number of carbonyl (C=O) groups is 3. The number of fused-ring (bicyclic) bond motifs is 1. The predicted molar refractivity (Wildman–Crippen MR) is 142 cm³/mol. The van der Waals surface area contributed by atoms with Crippen LogP contribution in [0.5, 0.6) is 5.75 Å². The first-order valence-electron chi connectivity index (χ1n) is 13.2. The fourth-order valence-electron chi connectivity index (χ4n) is 6.47. The van der Waals surface area contributed by atoms with E-state index in [0.29, 0.717) is 50.1 Å². The van der Waals surface area contributed by atoms with Crippen LogP contribution in [0, 0.1) is 11.8 Å². The highest BCUT2D eigenvalue weighted by Crippen LogP contribution is 2.63. The standard InChI is InChI=1S/C29H38N2O7/c1-5-16-30(20-10-12-21(36-4)13-11-20)26(34)24-29-15-14-28(3,38-29)23(27(35)37-19-6-2)22(29)25(33)31(24)17-8-7-9-18-32/h5-6,10-13,22-24,32H,1-2,7-9,14-19H2,3-4H3/t22-,23-,24?,28+,29?/m0/s1. The molecular weight excluding hydrogens is 488 g/mol. The van der Waals surface area contributed by atoms with E-state index in [9.17, 15) is 19.5 Å². The molecule has 0 saturated carbocycles. The Morgan fingerprint density at radius 2 is 1.92 bits per heavy atom. The third kappa shape index (κ3) is 4.62. The second-order valence-corrected chi connectivity index (χ2v) is 10.4. The summed E-state index contributed by atoms with van der Waals surface area (Å²) >= 11 is 0. The topological polar surface area (TPSA) is 106 Å². The van der Waals surface area contributed by atoms with Crippen molar-refractivity contribution < 1.29 is 33.7 Å². The van der Waals surface area contributed by atoms with Crippen LogP contribution in [0.4, 0.5) is 5.69 Å². The van der Waals surface area contributed by atoms with Crippen molar-refractivity contribution in [2.24, 2.45) is 11.8 Å². The van der Waals surface area contributed by atoms with Gasteiger partial charge in [-0.15, -0.1) is 6.58 Å². The first-order chi connectivity index (χ1) is 18.3. The molecule has 0 aromatic heterocycles. The maximum atomic E-state index is 14.4. The van der Waals surface area contributed by atoms with Gasteiger partial charge in [-0.25, -0.2) is 0 Å². The van der Waals surface area contributed by atoms with E-state index in [4.69, 9.17) is 14.2 Å². The van der Waals surface area contributed by atoms with Crippen molar-refractivity contribution in [2.75, 3.05) is 38.3 Å². The maximum absolute atomic E-state index is 14.4. The molecule has 1 aromatic rings. The van der Waals surface area contributed by atoms with Crippen molar-refractivity contribution >= 4 is 23.5 Å². The van der Waals surface area contributed by atoms with E-state index in [1.54, 1.807) is 47.3 Å². The van der Waals surface area contributed by atoms with E-state index in [2.05, 4.69) is 13.2 Å². The van der Waals surface area contributed by atoms with Gasteiger partial charge in [-0.05, 0) is 63.3 Å². The third-order valence-electron chi connectivity index (χ3n) is 8.13. The van der Waals surface area contributed by atoms with Gasteiger partial charge >= 0.3 is 5.97 Å². The van der Waals surface area contributed by atoms with Gasteiger partial charge in [0.05, 0.1) is 18.6 Å². The van der Waals surface area contributed by atoms with Gasteiger partial charge in [-0.1, -0.05) is 18.7 Å². The van der Waals surface area contributed by atoms with Crippen LogP contribution in [-0.4, -0.2) is 78.4 Å². The summed E-state index contributed by atoms with van der Waals surface area (Å²) in [7, 11) is 1.57. The monoisotopic (exact) mass is 526 g/mol. The molecule has 9 heteroatoms. The Bertz CT molecular complexity index is 1070. The second-order valence-electron chi connectivity index (χ2n) is 10.4. The predicted octanol–water partition coefficient (Wildman–Crippen LogP) is 2.87. The molecule has 2 bridgehead atoms. The first-order valence-corrected chi connectivity index (χ1v) is 13.2. The number of carbonyl (C=O) groups excluding carboxylic acids is 3. The Kier molecular flexibility index (Phi) is 8.28. The Labute approximate surface area is 224 Å². The van der Waals surface area contributed by atoms with Crippen molar-refractivity contribution in [3.8, 4) is 5.75 Å². The molecular formula is C29H38N2O7. The van der Waals surface area contributed by atoms with Gasteiger partial charge in [-0.3, -0.25) is 14.4 Å². The number of methoxy groups -OCH3 is 1. The van der Waals surface area contributed by atoms with E-state index in [-0.39, 0.29) is 31.6 Å². The Hall–Kier alpha value is -3.17. The van der Waals surface area contributed by atoms with Crippen LogP contribution in [0.2, 0.25) is 0 Å². The summed E-state index contributed by atoms with van der Waals surface area (Å²) < 4.78 is 17.3. The van der Waals surface area contributed by atoms with E-state index in [0.717, 1.165) is 0 Å². The van der Waals surface area contributed by atoms with Crippen molar-refractivity contribution in [1.29, 1.82) is 0 Å². The third-order valence-corrected chi connectivity index (χ3v) is 8.13. The second kappa shape index (κ2) is 11.3. The Morgan fingerprint density at radius 3 is 2.55 bits per heavy atom. The minimum atomic E-state index is -1.14. The molecule has 1 N–H and O–H groups in total. The van der Waals surface area contributed by atoms with Crippen LogP contribution in [0.25, 0.3) is 0 Å². The molecule has 3 aliphatic heterocycles. The number of amides is 2. The summed E-state index contributed by atoms with van der Waals surface area (Å²) in [4.78, 5) is 44.9. The molecule has 1 aromatic carbocycles. The average molecular weight is 527 g/mol. The zero-order valence-electron chi connectivity index (χ0n) is 22.3. The normalized spacial score (nSPS) is 29.2. The van der Waals surface area contributed by atoms with E-state index < -0.39 is 35.0 Å². The minimum Gasteiger partial charge on any atom is -0.497 e. The van der Waals surface area contributed by atoms with Crippen LogP contribution < -0.4 is 9.64 Å². The van der Waals surface area contributed by atoms with Crippen molar-refractivity contribution in [3.05, 3.63) is 49.6 Å². The number of benzene rings is 1. The molecule has 4 rings (SSSR count). The molecule has 2 amide bonds. The van der Waals surface area contributed by atoms with Gasteiger partial charge in [-0.2, -0.15) is 0 Å². The molecule has 0 radical (unpaired) electrons. The zero-order chi connectivity index (χ0) is 27.5. The molecule has 2 unspecified atom stereocenters. The largest absolute Gasteiger partial charge is 0.497 e. The van der Waals surface area contributed by atoms with Crippen LogP contribution >= 0.6 is 0 Å². The number of hydrogen-bond donors (Lipinski definition) is 1. The maximum Gasteiger partial charge on any atom is 0.313 e. The molecule has 3 saturated heterocycles. The van der Waals surface area contributed by atoms with Gasteiger partial charge in [0.1, 0.15) is 29.9 Å². The van der Waals surface area contributed by atoms with E-state index >= 15 is 0 Å². The number of rotatable bonds is 13. The van der Waals surface area contributed by atoms with Crippen LogP contribution in [0.1, 0.15) is 39.0 Å². The molecule has 0 aliphatic carbocycles. The van der Waals surface area contributed by atoms with Crippen LogP contribution in [-0.2, 0) is 23.9 Å². The zero-order valence-corrected chi connectivity index (χ0v) is 22.3. The van der Waals surface area contributed by atoms with Gasteiger partial charge < -0.3 is 29.1 Å². The Morgan fingerprint density at radius 1 is 1.18 bits per heavy atom. The lowest BCUT2D eigenvalue weighted by atomic mass is 9.66. The molecule has 1 spiro atoms. The summed E-state index contributed by atoms with van der Waals surface area (Å²) in [6.07, 6.45) is 6.08. The lowest BCUT2D eigenvalue weighted by molar-refractivity contribution is -0.158. The van der Waals surface area contributed by atoms with Gasteiger partial charge in [0.15, 0.2) is 0 Å². The van der Waals surface area contributed by atoms with Crippen molar-refractivity contribution in [1.82, 2.24) is 4.90 Å². The van der Waals surface area contributed by atoms with Gasteiger partial charge in [0, 0.05) is 25.4 Å².